The first-order chi connectivity index (χ1) is 4.88. The summed E-state index contributed by atoms with van der Waals surface area (Å²) in [4.78, 5) is 4.16. The van der Waals surface area contributed by atoms with E-state index in [9.17, 15) is 0 Å². The lowest BCUT2D eigenvalue weighted by Crippen LogP contribution is -1.96. The van der Waals surface area contributed by atoms with Gasteiger partial charge in [-0.15, -0.1) is 24.8 Å². The third-order valence-electron chi connectivity index (χ3n) is 1.51. The summed E-state index contributed by atoms with van der Waals surface area (Å²) in [6.07, 6.45) is 2.83. The van der Waals surface area contributed by atoms with E-state index in [-0.39, 0.29) is 24.8 Å². The number of nitrogens with zero attached hydrogens (tertiary/aromatic N) is 1. The maximum atomic E-state index is 4.16. The first kappa shape index (κ1) is 14.1. The Bertz CT molecular complexity index is 193. The molecule has 4 heteroatoms. The monoisotopic (exact) mass is 208 g/mol. The van der Waals surface area contributed by atoms with E-state index >= 15 is 0 Å². The SMILES string of the molecule is CCc1cccnc1NC.Cl.Cl. The third kappa shape index (κ3) is 3.28. The summed E-state index contributed by atoms with van der Waals surface area (Å²) in [6.45, 7) is 2.12. The Balaban J connectivity index is 0. The van der Waals surface area contributed by atoms with Crippen molar-refractivity contribution >= 4 is 30.6 Å². The van der Waals surface area contributed by atoms with Gasteiger partial charge >= 0.3 is 0 Å². The Morgan fingerprint density at radius 2 is 2.08 bits per heavy atom. The van der Waals surface area contributed by atoms with Gasteiger partial charge in [0.05, 0.1) is 0 Å². The van der Waals surface area contributed by atoms with Crippen molar-refractivity contribution in [1.29, 1.82) is 0 Å². The van der Waals surface area contributed by atoms with Crippen molar-refractivity contribution in [3.8, 4) is 0 Å². The van der Waals surface area contributed by atoms with Crippen LogP contribution in [0.15, 0.2) is 18.3 Å². The van der Waals surface area contributed by atoms with Crippen molar-refractivity contribution in [2.75, 3.05) is 12.4 Å². The molecule has 1 aromatic heterocycles. The molecule has 12 heavy (non-hydrogen) atoms. The lowest BCUT2D eigenvalue weighted by molar-refractivity contribution is 1.10. The molecule has 0 unspecified atom stereocenters. The number of nitrogens with one attached hydrogen (secondary N) is 1. The van der Waals surface area contributed by atoms with Gasteiger partial charge in [-0.25, -0.2) is 4.98 Å². The molecule has 0 aromatic carbocycles. The highest BCUT2D eigenvalue weighted by Crippen LogP contribution is 2.09. The molecule has 0 spiro atoms. The second kappa shape index (κ2) is 7.19. The van der Waals surface area contributed by atoms with Gasteiger partial charge in [0.15, 0.2) is 0 Å². The predicted octanol–water partition coefficient (Wildman–Crippen LogP) is 2.53. The minimum atomic E-state index is 0. The molecule has 0 aliphatic rings. The molecule has 0 radical (unpaired) electrons. The Labute approximate surface area is 85.6 Å². The van der Waals surface area contributed by atoms with Crippen LogP contribution in [0.5, 0.6) is 0 Å². The van der Waals surface area contributed by atoms with Crippen LogP contribution in [-0.2, 0) is 6.42 Å². The average molecular weight is 209 g/mol. The quantitative estimate of drug-likeness (QED) is 0.809. The molecule has 0 aliphatic carbocycles. The molecule has 1 rings (SSSR count). The van der Waals surface area contributed by atoms with E-state index in [0.29, 0.717) is 0 Å². The van der Waals surface area contributed by atoms with Crippen LogP contribution in [0.2, 0.25) is 0 Å². The van der Waals surface area contributed by atoms with Gasteiger partial charge in [-0.2, -0.15) is 0 Å². The lowest BCUT2D eigenvalue weighted by atomic mass is 10.2. The Hall–Kier alpha value is -0.470. The number of pyridine rings is 1. The van der Waals surface area contributed by atoms with Gasteiger partial charge in [0.25, 0.3) is 0 Å². The largest absolute Gasteiger partial charge is 0.373 e. The number of rotatable bonds is 2. The van der Waals surface area contributed by atoms with Crippen LogP contribution in [0.4, 0.5) is 5.82 Å². The zero-order valence-corrected chi connectivity index (χ0v) is 8.84. The van der Waals surface area contributed by atoms with Gasteiger partial charge in [0, 0.05) is 13.2 Å². The van der Waals surface area contributed by atoms with Gasteiger partial charge in [0.2, 0.25) is 0 Å². The summed E-state index contributed by atoms with van der Waals surface area (Å²) in [5.41, 5.74) is 1.27. The van der Waals surface area contributed by atoms with Gasteiger partial charge < -0.3 is 5.32 Å². The molecule has 2 nitrogen and oxygen atoms in total. The van der Waals surface area contributed by atoms with E-state index in [1.807, 2.05) is 13.1 Å². The summed E-state index contributed by atoms with van der Waals surface area (Å²) in [5, 5.41) is 3.04. The number of anilines is 1. The standard InChI is InChI=1S/C8H12N2.2ClH/c1-3-7-5-4-6-10-8(7)9-2;;/h4-6H,3H2,1-2H3,(H,9,10);2*1H. The molecule has 1 heterocycles. The maximum Gasteiger partial charge on any atom is 0.128 e. The number of aromatic nitrogens is 1. The van der Waals surface area contributed by atoms with E-state index < -0.39 is 0 Å². The van der Waals surface area contributed by atoms with Crippen molar-refractivity contribution in [3.05, 3.63) is 23.9 Å². The summed E-state index contributed by atoms with van der Waals surface area (Å²) in [6, 6.07) is 4.04. The first-order valence-corrected chi connectivity index (χ1v) is 3.50. The number of hydrogen-bond acceptors (Lipinski definition) is 2. The lowest BCUT2D eigenvalue weighted by Gasteiger charge is -2.03. The van der Waals surface area contributed by atoms with Crippen LogP contribution in [0, 0.1) is 0 Å². The number of halogens is 2. The Kier molecular flexibility index (Phi) is 8.44. The van der Waals surface area contributed by atoms with Crippen LogP contribution < -0.4 is 5.32 Å². The molecule has 0 bridgehead atoms. The second-order valence-corrected chi connectivity index (χ2v) is 2.11. The average Bonchev–Trinajstić information content (AvgIpc) is 2.04. The molecule has 1 N–H and O–H groups in total. The number of aryl methyl sites for hydroxylation is 1. The van der Waals surface area contributed by atoms with Crippen LogP contribution in [0.25, 0.3) is 0 Å². The summed E-state index contributed by atoms with van der Waals surface area (Å²) >= 11 is 0. The van der Waals surface area contributed by atoms with Crippen molar-refractivity contribution in [2.45, 2.75) is 13.3 Å². The highest BCUT2D eigenvalue weighted by Gasteiger charge is 1.95. The van der Waals surface area contributed by atoms with Crippen molar-refractivity contribution in [3.63, 3.8) is 0 Å². The molecule has 0 saturated heterocycles. The fraction of sp³-hybridized carbons (Fsp3) is 0.375. The van der Waals surface area contributed by atoms with E-state index in [0.717, 1.165) is 12.2 Å². The normalized spacial score (nSPS) is 7.83. The summed E-state index contributed by atoms with van der Waals surface area (Å²) in [5.74, 6) is 0.991. The van der Waals surface area contributed by atoms with Crippen molar-refractivity contribution in [1.82, 2.24) is 4.98 Å². The molecule has 0 amide bonds. The highest BCUT2D eigenvalue weighted by molar-refractivity contribution is 5.85. The van der Waals surface area contributed by atoms with Gasteiger partial charge in [-0.3, -0.25) is 0 Å². The molecule has 0 aliphatic heterocycles. The molecular formula is C8H14Cl2N2. The van der Waals surface area contributed by atoms with Crippen LogP contribution in [0.3, 0.4) is 0 Å². The minimum absolute atomic E-state index is 0. The van der Waals surface area contributed by atoms with E-state index in [4.69, 9.17) is 0 Å². The van der Waals surface area contributed by atoms with Crippen LogP contribution in [0.1, 0.15) is 12.5 Å². The molecular weight excluding hydrogens is 195 g/mol. The van der Waals surface area contributed by atoms with E-state index in [1.54, 1.807) is 6.20 Å². The van der Waals surface area contributed by atoms with E-state index in [2.05, 4.69) is 23.3 Å². The molecule has 0 saturated carbocycles. The first-order valence-electron chi connectivity index (χ1n) is 3.50. The molecule has 70 valence electrons. The topological polar surface area (TPSA) is 24.9 Å². The highest BCUT2D eigenvalue weighted by atomic mass is 35.5. The third-order valence-corrected chi connectivity index (χ3v) is 1.51. The van der Waals surface area contributed by atoms with Gasteiger partial charge in [-0.1, -0.05) is 13.0 Å². The molecule has 0 fully saturated rings. The van der Waals surface area contributed by atoms with Crippen LogP contribution in [-0.4, -0.2) is 12.0 Å². The Morgan fingerprint density at radius 1 is 1.42 bits per heavy atom. The maximum absolute atomic E-state index is 4.16. The van der Waals surface area contributed by atoms with Crippen molar-refractivity contribution in [2.24, 2.45) is 0 Å². The van der Waals surface area contributed by atoms with E-state index in [1.165, 1.54) is 5.56 Å². The fourth-order valence-corrected chi connectivity index (χ4v) is 0.949. The fourth-order valence-electron chi connectivity index (χ4n) is 0.949. The zero-order valence-electron chi connectivity index (χ0n) is 7.20. The smallest absolute Gasteiger partial charge is 0.128 e. The molecule has 0 atom stereocenters. The predicted molar refractivity (Wildman–Crippen MR) is 57.7 cm³/mol. The molecule has 1 aromatic rings. The minimum Gasteiger partial charge on any atom is -0.373 e. The van der Waals surface area contributed by atoms with Crippen LogP contribution >= 0.6 is 24.8 Å². The van der Waals surface area contributed by atoms with Gasteiger partial charge in [0.1, 0.15) is 5.82 Å². The zero-order chi connectivity index (χ0) is 7.40. The second-order valence-electron chi connectivity index (χ2n) is 2.11. The summed E-state index contributed by atoms with van der Waals surface area (Å²) < 4.78 is 0. The van der Waals surface area contributed by atoms with Gasteiger partial charge in [-0.05, 0) is 18.1 Å². The summed E-state index contributed by atoms with van der Waals surface area (Å²) in [7, 11) is 1.89. The van der Waals surface area contributed by atoms with Crippen molar-refractivity contribution < 1.29 is 0 Å². The Morgan fingerprint density at radius 3 is 2.50 bits per heavy atom. The number of hydrogen-bond donors (Lipinski definition) is 1.